The molecule has 0 atom stereocenters. The highest BCUT2D eigenvalue weighted by atomic mass is 35.5. The van der Waals surface area contributed by atoms with Gasteiger partial charge in [0.2, 0.25) is 5.88 Å². The zero-order chi connectivity index (χ0) is 29.2. The normalized spacial score (nSPS) is 14.3. The fourth-order valence-electron chi connectivity index (χ4n) is 4.60. The lowest BCUT2D eigenvalue weighted by atomic mass is 9.93. The van der Waals surface area contributed by atoms with Gasteiger partial charge < -0.3 is 14.2 Å². The van der Waals surface area contributed by atoms with Gasteiger partial charge in [-0.25, -0.2) is 4.79 Å². The van der Waals surface area contributed by atoms with Gasteiger partial charge in [0.05, 0.1) is 13.7 Å². The van der Waals surface area contributed by atoms with Gasteiger partial charge in [-0.2, -0.15) is 4.98 Å². The number of aryl methyl sites for hydroxylation is 1. The van der Waals surface area contributed by atoms with Gasteiger partial charge in [0, 0.05) is 10.7 Å². The molecular formula is C31H36ClN3O5. The van der Waals surface area contributed by atoms with E-state index < -0.39 is 17.3 Å². The third-order valence-corrected chi connectivity index (χ3v) is 7.20. The number of rotatable bonds is 7. The summed E-state index contributed by atoms with van der Waals surface area (Å²) in [5, 5.41) is 0.567. The van der Waals surface area contributed by atoms with Gasteiger partial charge in [0.15, 0.2) is 5.60 Å². The van der Waals surface area contributed by atoms with E-state index in [1.807, 2.05) is 59.7 Å². The van der Waals surface area contributed by atoms with E-state index in [2.05, 4.69) is 0 Å². The fourth-order valence-corrected chi connectivity index (χ4v) is 4.73. The van der Waals surface area contributed by atoms with Crippen molar-refractivity contribution < 1.29 is 23.8 Å². The number of pyridine rings is 1. The molecule has 1 aliphatic heterocycles. The molecule has 40 heavy (non-hydrogen) atoms. The van der Waals surface area contributed by atoms with Crippen molar-refractivity contribution in [3.8, 4) is 11.6 Å². The fraction of sp³-hybridized carbons (Fsp3) is 0.387. The molecule has 2 heterocycles. The monoisotopic (exact) mass is 565 g/mol. The zero-order valence-corrected chi connectivity index (χ0v) is 24.8. The summed E-state index contributed by atoms with van der Waals surface area (Å²) in [5.74, 6) is 1.15. The Bertz CT molecular complexity index is 1400. The number of carbonyl (C=O) groups excluding carboxylic acids is 2. The summed E-state index contributed by atoms with van der Waals surface area (Å²) in [6.45, 7) is 11.4. The van der Waals surface area contributed by atoms with E-state index in [9.17, 15) is 9.59 Å². The molecule has 212 valence electrons. The Morgan fingerprint density at radius 1 is 1.07 bits per heavy atom. The average molecular weight is 566 g/mol. The molecule has 0 bridgehead atoms. The van der Waals surface area contributed by atoms with Gasteiger partial charge >= 0.3 is 6.09 Å². The first-order valence-electron chi connectivity index (χ1n) is 13.4. The second-order valence-electron chi connectivity index (χ2n) is 10.8. The number of halogens is 1. The first-order chi connectivity index (χ1) is 18.9. The summed E-state index contributed by atoms with van der Waals surface area (Å²) in [5.41, 5.74) is 1.17. The molecular weight excluding hydrogens is 530 g/mol. The lowest BCUT2D eigenvalue weighted by molar-refractivity contribution is -0.135. The Balaban J connectivity index is 1.82. The first-order valence-corrected chi connectivity index (χ1v) is 13.7. The quantitative estimate of drug-likeness (QED) is 0.293. The molecule has 1 aromatic heterocycles. The lowest BCUT2D eigenvalue weighted by Gasteiger charge is -2.41. The van der Waals surface area contributed by atoms with Crippen LogP contribution in [-0.2, 0) is 16.1 Å². The van der Waals surface area contributed by atoms with Crippen LogP contribution >= 0.6 is 11.6 Å². The van der Waals surface area contributed by atoms with E-state index in [4.69, 9.17) is 30.8 Å². The van der Waals surface area contributed by atoms with Crippen LogP contribution in [0.25, 0.3) is 0 Å². The van der Waals surface area contributed by atoms with Gasteiger partial charge in [-0.3, -0.25) is 14.6 Å². The number of carbonyl (C=O) groups is 2. The summed E-state index contributed by atoms with van der Waals surface area (Å²) in [6, 6.07) is 16.2. The number of nitrogens with zero attached hydrogens (tertiary/aromatic N) is 3. The van der Waals surface area contributed by atoms with E-state index in [1.54, 1.807) is 48.4 Å². The Morgan fingerprint density at radius 2 is 1.75 bits per heavy atom. The zero-order valence-electron chi connectivity index (χ0n) is 24.1. The summed E-state index contributed by atoms with van der Waals surface area (Å²) in [4.78, 5) is 35.2. The van der Waals surface area contributed by atoms with Crippen molar-refractivity contribution in [2.45, 2.75) is 72.1 Å². The second kappa shape index (κ2) is 11.4. The van der Waals surface area contributed by atoms with Crippen molar-refractivity contribution in [1.82, 2.24) is 4.98 Å². The number of hydrogen-bond acceptors (Lipinski definition) is 6. The maximum atomic E-state index is 13.8. The molecule has 8 nitrogen and oxygen atoms in total. The number of amides is 2. The Morgan fingerprint density at radius 3 is 2.33 bits per heavy atom. The van der Waals surface area contributed by atoms with E-state index in [0.29, 0.717) is 35.1 Å². The molecule has 9 heteroatoms. The highest BCUT2D eigenvalue weighted by Crippen LogP contribution is 2.44. The topological polar surface area (TPSA) is 81.2 Å². The van der Waals surface area contributed by atoms with Crippen LogP contribution in [0, 0.1) is 6.92 Å². The number of fused-ring (bicyclic) bond motifs is 1. The number of benzene rings is 2. The third-order valence-electron chi connectivity index (χ3n) is 6.95. The summed E-state index contributed by atoms with van der Waals surface area (Å²) < 4.78 is 17.5. The molecule has 1 aliphatic rings. The van der Waals surface area contributed by atoms with Gasteiger partial charge in [-0.15, -0.1) is 0 Å². The van der Waals surface area contributed by atoms with Crippen molar-refractivity contribution in [3.63, 3.8) is 0 Å². The Hall–Kier alpha value is -3.78. The second-order valence-corrected chi connectivity index (χ2v) is 11.2. The minimum Gasteiger partial charge on any atom is -0.497 e. The molecule has 3 aromatic rings. The van der Waals surface area contributed by atoms with Crippen LogP contribution < -0.4 is 19.3 Å². The minimum atomic E-state index is -1.11. The molecule has 0 unspecified atom stereocenters. The largest absolute Gasteiger partial charge is 0.497 e. The first kappa shape index (κ1) is 29.2. The smallest absolute Gasteiger partial charge is 0.416 e. The Kier molecular flexibility index (Phi) is 8.30. The summed E-state index contributed by atoms with van der Waals surface area (Å²) in [6.07, 6.45) is 0.339. The molecule has 0 aliphatic carbocycles. The van der Waals surface area contributed by atoms with Crippen molar-refractivity contribution in [2.24, 2.45) is 0 Å². The Labute approximate surface area is 240 Å². The van der Waals surface area contributed by atoms with Crippen molar-refractivity contribution in [1.29, 1.82) is 0 Å². The number of ether oxygens (including phenoxy) is 3. The van der Waals surface area contributed by atoms with Crippen LogP contribution in [0.15, 0.2) is 54.6 Å². The molecule has 2 aromatic carbocycles. The molecule has 0 radical (unpaired) electrons. The molecule has 0 saturated heterocycles. The van der Waals surface area contributed by atoms with Crippen molar-refractivity contribution in [2.75, 3.05) is 16.9 Å². The van der Waals surface area contributed by atoms with E-state index in [0.717, 1.165) is 16.9 Å². The SMILES string of the molecule is CCC1(CC)Oc2nc(N(Cc3ccc(OC)cc3C)C(=O)OC(C)(C)C)ccc2N(c2ccc(Cl)cc2)C1=O. The van der Waals surface area contributed by atoms with E-state index in [-0.39, 0.29) is 18.3 Å². The molecule has 0 saturated carbocycles. The van der Waals surface area contributed by atoms with Gasteiger partial charge in [0.25, 0.3) is 5.91 Å². The highest BCUT2D eigenvalue weighted by molar-refractivity contribution is 6.30. The number of anilines is 3. The van der Waals surface area contributed by atoms with E-state index >= 15 is 0 Å². The molecule has 4 rings (SSSR count). The average Bonchev–Trinajstić information content (AvgIpc) is 2.91. The van der Waals surface area contributed by atoms with Crippen LogP contribution in [0.4, 0.5) is 22.0 Å². The van der Waals surface area contributed by atoms with Gasteiger partial charge in [-0.1, -0.05) is 31.5 Å². The molecule has 0 fully saturated rings. The van der Waals surface area contributed by atoms with Crippen molar-refractivity contribution in [3.05, 3.63) is 70.7 Å². The maximum Gasteiger partial charge on any atom is 0.416 e. The molecule has 2 amide bonds. The summed E-state index contributed by atoms with van der Waals surface area (Å²) in [7, 11) is 1.61. The summed E-state index contributed by atoms with van der Waals surface area (Å²) >= 11 is 6.13. The van der Waals surface area contributed by atoms with Crippen LogP contribution in [0.1, 0.15) is 58.6 Å². The van der Waals surface area contributed by atoms with Crippen molar-refractivity contribution >= 4 is 40.8 Å². The predicted octanol–water partition coefficient (Wildman–Crippen LogP) is 7.61. The van der Waals surface area contributed by atoms with Crippen LogP contribution in [0.5, 0.6) is 11.6 Å². The minimum absolute atomic E-state index is 0.181. The van der Waals surface area contributed by atoms with E-state index in [1.165, 1.54) is 4.90 Å². The number of hydrogen-bond donors (Lipinski definition) is 0. The molecule has 0 spiro atoms. The number of aromatic nitrogens is 1. The van der Waals surface area contributed by atoms with Gasteiger partial charge in [0.1, 0.15) is 22.9 Å². The van der Waals surface area contributed by atoms with Gasteiger partial charge in [-0.05, 0) is 100 Å². The van der Waals surface area contributed by atoms with Crippen LogP contribution in [-0.4, -0.2) is 35.3 Å². The molecule has 0 N–H and O–H groups in total. The number of methoxy groups -OCH3 is 1. The van der Waals surface area contributed by atoms with Crippen LogP contribution in [0.3, 0.4) is 0 Å². The van der Waals surface area contributed by atoms with Crippen LogP contribution in [0.2, 0.25) is 5.02 Å². The maximum absolute atomic E-state index is 13.8. The highest BCUT2D eigenvalue weighted by Gasteiger charge is 2.47. The third kappa shape index (κ3) is 5.87. The predicted molar refractivity (Wildman–Crippen MR) is 157 cm³/mol. The lowest BCUT2D eigenvalue weighted by Crippen LogP contribution is -2.54. The standard InChI is InChI=1S/C31H36ClN3O5/c1-8-31(9-2)28(36)35(23-13-11-22(32)12-14-23)25-16-17-26(33-27(25)39-31)34(29(37)40-30(4,5)6)19-21-10-15-24(38-7)18-20(21)3/h10-18H,8-9,19H2,1-7H3.